The van der Waals surface area contributed by atoms with Gasteiger partial charge in [-0.3, -0.25) is 9.59 Å². The van der Waals surface area contributed by atoms with Crippen LogP contribution in [0.1, 0.15) is 168 Å². The van der Waals surface area contributed by atoms with E-state index in [0.29, 0.717) is 19.3 Å². The highest BCUT2D eigenvalue weighted by molar-refractivity contribution is 5.72. The first kappa shape index (κ1) is 52.0. The molecule has 0 aromatic carbocycles. The number of hydrogen-bond acceptors (Lipinski definition) is 6. The number of aliphatic carboxylic acids is 1. The van der Waals surface area contributed by atoms with Gasteiger partial charge in [-0.15, -0.1) is 0 Å². The summed E-state index contributed by atoms with van der Waals surface area (Å²) in [6, 6.07) is -0.618. The minimum absolute atomic E-state index is 0.0531. The lowest BCUT2D eigenvalue weighted by atomic mass is 10.1. The molecule has 1 N–H and O–H groups in total. The maximum absolute atomic E-state index is 12.7. The third-order valence-electron chi connectivity index (χ3n) is 9.38. The Balaban J connectivity index is 4.31. The fourth-order valence-corrected chi connectivity index (χ4v) is 6.02. The summed E-state index contributed by atoms with van der Waals surface area (Å²) in [5.74, 6) is -1.50. The Hall–Kier alpha value is -2.97. The topological polar surface area (TPSA) is 99.1 Å². The van der Waals surface area contributed by atoms with E-state index in [9.17, 15) is 19.5 Å². The van der Waals surface area contributed by atoms with Crippen LogP contribution in [0, 0.1) is 0 Å². The number of unbranched alkanes of at least 4 members (excludes halogenated alkanes) is 14. The number of carboxylic acids is 1. The van der Waals surface area contributed by atoms with Crippen LogP contribution in [0.25, 0.3) is 0 Å². The van der Waals surface area contributed by atoms with Crippen LogP contribution in [-0.4, -0.2) is 80.6 Å². The molecule has 2 atom stereocenters. The molecule has 2 unspecified atom stereocenters. The molecule has 0 aliphatic carbocycles. The molecule has 0 spiro atoms. The smallest absolute Gasteiger partial charge is 0.362 e. The number of quaternary nitrogens is 1. The number of likely N-dealkylation sites (N-methyl/N-ethyl adjacent to an activating group) is 1. The molecule has 8 heteroatoms. The quantitative estimate of drug-likeness (QED) is 0.0289. The SMILES string of the molecule is CC/C=C\C/C=C\C/C=C\C/C=C\CCCCCCCCCCC(=O)OC(COCCC(C(=O)O)[N+](C)(C)C)COC(=O)CCCCCCC/C=C\CCC. The molecule has 316 valence electrons. The highest BCUT2D eigenvalue weighted by Crippen LogP contribution is 2.14. The number of nitrogens with zero attached hydrogens (tertiary/aromatic N) is 1. The van der Waals surface area contributed by atoms with Crippen LogP contribution in [0.5, 0.6) is 0 Å². The Kier molecular flexibility index (Phi) is 35.9. The minimum atomic E-state index is -0.880. The summed E-state index contributed by atoms with van der Waals surface area (Å²) in [6.45, 7) is 4.53. The first-order valence-electron chi connectivity index (χ1n) is 21.8. The zero-order chi connectivity index (χ0) is 40.7. The van der Waals surface area contributed by atoms with Crippen molar-refractivity contribution in [3.8, 4) is 0 Å². The molecule has 0 rings (SSSR count). The van der Waals surface area contributed by atoms with Crippen LogP contribution in [0.2, 0.25) is 0 Å². The second-order valence-corrected chi connectivity index (χ2v) is 15.6. The van der Waals surface area contributed by atoms with Gasteiger partial charge in [-0.05, 0) is 70.6 Å². The van der Waals surface area contributed by atoms with Crippen LogP contribution in [0.3, 0.4) is 0 Å². The number of allylic oxidation sites excluding steroid dienone is 10. The van der Waals surface area contributed by atoms with Crippen molar-refractivity contribution in [2.75, 3.05) is 41.0 Å². The number of esters is 2. The first-order valence-corrected chi connectivity index (χ1v) is 21.8. The van der Waals surface area contributed by atoms with Gasteiger partial charge < -0.3 is 23.8 Å². The summed E-state index contributed by atoms with van der Waals surface area (Å²) < 4.78 is 17.2. The van der Waals surface area contributed by atoms with Crippen molar-refractivity contribution in [1.82, 2.24) is 0 Å². The molecule has 0 amide bonds. The van der Waals surface area contributed by atoms with Gasteiger partial charge >= 0.3 is 17.9 Å². The summed E-state index contributed by atoms with van der Waals surface area (Å²) in [4.78, 5) is 36.9. The molecule has 0 heterocycles. The lowest BCUT2D eigenvalue weighted by Gasteiger charge is -2.31. The molecule has 0 aliphatic rings. The van der Waals surface area contributed by atoms with Crippen LogP contribution in [0.4, 0.5) is 0 Å². The van der Waals surface area contributed by atoms with Crippen LogP contribution in [0.15, 0.2) is 60.8 Å². The van der Waals surface area contributed by atoms with Crippen LogP contribution >= 0.6 is 0 Å². The average molecular weight is 773 g/mol. The number of carbonyl (C=O) groups is 3. The summed E-state index contributed by atoms with van der Waals surface area (Å²) in [5, 5.41) is 9.61. The summed E-state index contributed by atoms with van der Waals surface area (Å²) in [5.41, 5.74) is 0. The van der Waals surface area contributed by atoms with Gasteiger partial charge in [-0.25, -0.2) is 4.79 Å². The van der Waals surface area contributed by atoms with Gasteiger partial charge in [-0.2, -0.15) is 0 Å². The van der Waals surface area contributed by atoms with E-state index in [1.165, 1.54) is 44.9 Å². The molecule has 0 fully saturated rings. The molecule has 55 heavy (non-hydrogen) atoms. The fourth-order valence-electron chi connectivity index (χ4n) is 6.02. The molecule has 0 bridgehead atoms. The highest BCUT2D eigenvalue weighted by atomic mass is 16.6. The maximum atomic E-state index is 12.7. The second kappa shape index (κ2) is 37.9. The van der Waals surface area contributed by atoms with Gasteiger partial charge in [-0.1, -0.05) is 139 Å². The van der Waals surface area contributed by atoms with E-state index < -0.39 is 18.1 Å². The van der Waals surface area contributed by atoms with Gasteiger partial charge in [0.25, 0.3) is 0 Å². The monoisotopic (exact) mass is 773 g/mol. The standard InChI is InChI=1S/C47H81NO7/c1-6-8-10-12-14-16-18-19-20-21-22-23-24-25-26-27-28-30-32-34-36-38-46(50)55-43(41-53-40-39-44(47(51)52)48(3,4)5)42-54-45(49)37-35-33-31-29-17-15-13-11-9-7-2/h8,10-11,13-14,16,19-20,22-23,43-44H,6-7,9,12,15,17-18,21,24-42H2,1-5H3/p+1/b10-8-,13-11-,16-14-,20-19-,23-22-. The van der Waals surface area contributed by atoms with E-state index >= 15 is 0 Å². The van der Waals surface area contributed by atoms with Crippen molar-refractivity contribution in [3.63, 3.8) is 0 Å². The number of carbonyl (C=O) groups excluding carboxylic acids is 2. The summed E-state index contributed by atoms with van der Waals surface area (Å²) >= 11 is 0. The van der Waals surface area contributed by atoms with Gasteiger partial charge in [0.2, 0.25) is 0 Å². The van der Waals surface area contributed by atoms with Crippen molar-refractivity contribution in [3.05, 3.63) is 60.8 Å². The highest BCUT2D eigenvalue weighted by Gasteiger charge is 2.31. The molecule has 0 aromatic rings. The molecule has 0 saturated carbocycles. The van der Waals surface area contributed by atoms with Gasteiger partial charge in [0.1, 0.15) is 6.61 Å². The Morgan fingerprint density at radius 1 is 0.564 bits per heavy atom. The lowest BCUT2D eigenvalue weighted by Crippen LogP contribution is -2.50. The van der Waals surface area contributed by atoms with E-state index in [1.54, 1.807) is 0 Å². The van der Waals surface area contributed by atoms with Crippen LogP contribution in [-0.2, 0) is 28.6 Å². The molecule has 0 radical (unpaired) electrons. The second-order valence-electron chi connectivity index (χ2n) is 15.6. The maximum Gasteiger partial charge on any atom is 0.362 e. The van der Waals surface area contributed by atoms with Crippen molar-refractivity contribution >= 4 is 17.9 Å². The van der Waals surface area contributed by atoms with Crippen molar-refractivity contribution in [1.29, 1.82) is 0 Å². The molecular weight excluding hydrogens is 691 g/mol. The van der Waals surface area contributed by atoms with Gasteiger partial charge in [0.05, 0.1) is 34.4 Å². The molecule has 8 nitrogen and oxygen atoms in total. The minimum Gasteiger partial charge on any atom is -0.477 e. The van der Waals surface area contributed by atoms with E-state index in [0.717, 1.165) is 89.9 Å². The third kappa shape index (κ3) is 36.4. The Morgan fingerprint density at radius 2 is 1.02 bits per heavy atom. The predicted molar refractivity (Wildman–Crippen MR) is 229 cm³/mol. The fraction of sp³-hybridized carbons (Fsp3) is 0.723. The van der Waals surface area contributed by atoms with Gasteiger partial charge in [0, 0.05) is 19.3 Å². The zero-order valence-corrected chi connectivity index (χ0v) is 35.9. The number of carboxylic acid groups (broad SMARTS) is 1. The number of hydrogen-bond donors (Lipinski definition) is 1. The molecule has 0 aliphatic heterocycles. The lowest BCUT2D eigenvalue weighted by molar-refractivity contribution is -0.887. The average Bonchev–Trinajstić information content (AvgIpc) is 3.14. The Bertz CT molecular complexity index is 1090. The van der Waals surface area contributed by atoms with E-state index in [-0.39, 0.29) is 36.2 Å². The molecular formula is C47H82NO7+. The van der Waals surface area contributed by atoms with Crippen molar-refractivity contribution in [2.24, 2.45) is 0 Å². The van der Waals surface area contributed by atoms with Crippen LogP contribution < -0.4 is 0 Å². The largest absolute Gasteiger partial charge is 0.477 e. The van der Waals surface area contributed by atoms with E-state index in [1.807, 2.05) is 21.1 Å². The summed E-state index contributed by atoms with van der Waals surface area (Å²) in [6.07, 6.45) is 45.5. The first-order chi connectivity index (χ1) is 26.6. The molecule has 0 aromatic heterocycles. The normalized spacial score (nSPS) is 13.5. The Morgan fingerprint density at radius 3 is 1.53 bits per heavy atom. The van der Waals surface area contributed by atoms with E-state index in [2.05, 4.69) is 74.6 Å². The number of ether oxygens (including phenoxy) is 3. The van der Waals surface area contributed by atoms with Gasteiger partial charge in [0.15, 0.2) is 12.1 Å². The molecule has 0 saturated heterocycles. The third-order valence-corrected chi connectivity index (χ3v) is 9.38. The number of rotatable bonds is 38. The Labute approximate surface area is 337 Å². The van der Waals surface area contributed by atoms with Crippen molar-refractivity contribution in [2.45, 2.75) is 180 Å². The van der Waals surface area contributed by atoms with E-state index in [4.69, 9.17) is 14.2 Å². The van der Waals surface area contributed by atoms with Crippen molar-refractivity contribution < 1.29 is 38.2 Å². The predicted octanol–water partition coefficient (Wildman–Crippen LogP) is 11.8. The summed E-state index contributed by atoms with van der Waals surface area (Å²) in [7, 11) is 5.51. The zero-order valence-electron chi connectivity index (χ0n) is 35.9.